The largest absolute Gasteiger partial charge is 0.364 e. The van der Waals surface area contributed by atoms with Crippen molar-refractivity contribution >= 4 is 27.8 Å². The van der Waals surface area contributed by atoms with E-state index in [0.29, 0.717) is 11.4 Å². The van der Waals surface area contributed by atoms with E-state index in [1.807, 2.05) is 30.6 Å². The predicted octanol–water partition coefficient (Wildman–Crippen LogP) is 3.26. The fraction of sp³-hybridized carbons (Fsp3) is 0.389. The minimum Gasteiger partial charge on any atom is -0.364 e. The van der Waals surface area contributed by atoms with Crippen molar-refractivity contribution in [3.8, 4) is 0 Å². The number of imidazole rings is 1. The number of rotatable bonds is 3. The first-order valence-corrected chi connectivity index (χ1v) is 8.27. The zero-order valence-electron chi connectivity index (χ0n) is 13.0. The molecule has 5 nitrogen and oxygen atoms in total. The number of hydrogen-bond donors (Lipinski definition) is 1. The molecule has 2 aromatic heterocycles. The van der Waals surface area contributed by atoms with Crippen molar-refractivity contribution in [3.63, 3.8) is 0 Å². The van der Waals surface area contributed by atoms with Crippen LogP contribution in [0.1, 0.15) is 42.6 Å². The molecule has 2 N–H and O–H groups in total. The summed E-state index contributed by atoms with van der Waals surface area (Å²) >= 11 is 0. The Morgan fingerprint density at radius 2 is 2.00 bits per heavy atom. The first-order chi connectivity index (χ1) is 11.2. The Labute approximate surface area is 134 Å². The normalized spacial score (nSPS) is 16.2. The molecule has 23 heavy (non-hydrogen) atoms. The molecule has 118 valence electrons. The topological polar surface area (TPSA) is 73.8 Å². The second-order valence-corrected chi connectivity index (χ2v) is 6.44. The summed E-state index contributed by atoms with van der Waals surface area (Å²) in [6.07, 6.45) is 8.34. The Balaban J connectivity index is 1.89. The number of fused-ring (bicyclic) bond motifs is 3. The zero-order valence-corrected chi connectivity index (χ0v) is 13.0. The maximum Gasteiger partial charge on any atom is 0.269 e. The lowest BCUT2D eigenvalue weighted by atomic mass is 9.89. The van der Waals surface area contributed by atoms with Gasteiger partial charge in [-0.25, -0.2) is 9.97 Å². The van der Waals surface area contributed by atoms with Gasteiger partial charge in [-0.2, -0.15) is 0 Å². The van der Waals surface area contributed by atoms with E-state index in [-0.39, 0.29) is 5.69 Å². The van der Waals surface area contributed by atoms with Gasteiger partial charge in [0.25, 0.3) is 5.91 Å². The highest BCUT2D eigenvalue weighted by atomic mass is 16.1. The molecule has 0 aliphatic heterocycles. The maximum atomic E-state index is 11.8. The number of carbonyl (C=O) groups is 1. The quantitative estimate of drug-likeness (QED) is 0.807. The van der Waals surface area contributed by atoms with Gasteiger partial charge in [0.05, 0.1) is 17.4 Å². The van der Waals surface area contributed by atoms with Gasteiger partial charge >= 0.3 is 0 Å². The number of nitrogens with zero attached hydrogens (tertiary/aromatic N) is 3. The monoisotopic (exact) mass is 308 g/mol. The molecule has 2 heterocycles. The van der Waals surface area contributed by atoms with Crippen LogP contribution in [0.4, 0.5) is 0 Å². The molecule has 5 heteroatoms. The number of primary amides is 1. The lowest BCUT2D eigenvalue weighted by Crippen LogP contribution is -2.15. The van der Waals surface area contributed by atoms with Crippen LogP contribution in [-0.2, 0) is 6.54 Å². The summed E-state index contributed by atoms with van der Waals surface area (Å²) in [4.78, 5) is 20.6. The van der Waals surface area contributed by atoms with Crippen LogP contribution in [0.2, 0.25) is 0 Å². The van der Waals surface area contributed by atoms with Gasteiger partial charge in [-0.3, -0.25) is 4.79 Å². The van der Waals surface area contributed by atoms with Gasteiger partial charge in [-0.1, -0.05) is 37.5 Å². The third-order valence-corrected chi connectivity index (χ3v) is 4.87. The highest BCUT2D eigenvalue weighted by Crippen LogP contribution is 2.29. The molecular formula is C18H20N4O. The minimum absolute atomic E-state index is 0.265. The second kappa shape index (κ2) is 5.65. The Kier molecular flexibility index (Phi) is 3.48. The van der Waals surface area contributed by atoms with Crippen LogP contribution in [0.5, 0.6) is 0 Å². The average Bonchev–Trinajstić information content (AvgIpc) is 2.99. The maximum absolute atomic E-state index is 11.8. The van der Waals surface area contributed by atoms with Gasteiger partial charge in [-0.15, -0.1) is 0 Å². The van der Waals surface area contributed by atoms with Crippen LogP contribution >= 0.6 is 0 Å². The van der Waals surface area contributed by atoms with Gasteiger partial charge in [0.15, 0.2) is 5.69 Å². The molecule has 4 rings (SSSR count). The van der Waals surface area contributed by atoms with E-state index in [1.165, 1.54) is 32.1 Å². The van der Waals surface area contributed by atoms with Crippen LogP contribution in [-0.4, -0.2) is 20.4 Å². The van der Waals surface area contributed by atoms with Gasteiger partial charge in [0, 0.05) is 11.9 Å². The van der Waals surface area contributed by atoms with Crippen LogP contribution in [0, 0.1) is 5.92 Å². The molecule has 0 radical (unpaired) electrons. The Hall–Kier alpha value is -2.43. The van der Waals surface area contributed by atoms with Crippen molar-refractivity contribution in [2.24, 2.45) is 11.7 Å². The standard InChI is InChI=1S/C18H20N4O/c19-18(23)16-15-17(13-8-4-5-9-14(13)21-16)22(11-20-15)10-12-6-2-1-3-7-12/h4-5,8-9,11-12H,1-3,6-7,10H2,(H2,19,23). The molecule has 0 unspecified atom stereocenters. The molecule has 1 amide bonds. The third kappa shape index (κ3) is 2.46. The van der Waals surface area contributed by atoms with Gasteiger partial charge < -0.3 is 10.3 Å². The summed E-state index contributed by atoms with van der Waals surface area (Å²) in [6.45, 7) is 0.947. The van der Waals surface area contributed by atoms with Crippen LogP contribution < -0.4 is 5.73 Å². The molecule has 1 fully saturated rings. The van der Waals surface area contributed by atoms with E-state index < -0.39 is 5.91 Å². The average molecular weight is 308 g/mol. The molecule has 1 aromatic carbocycles. The highest BCUT2D eigenvalue weighted by molar-refractivity contribution is 6.11. The number of hydrogen-bond acceptors (Lipinski definition) is 3. The van der Waals surface area contributed by atoms with Crippen molar-refractivity contribution in [1.82, 2.24) is 14.5 Å². The van der Waals surface area contributed by atoms with Crippen LogP contribution in [0.3, 0.4) is 0 Å². The number of nitrogens with two attached hydrogens (primary N) is 1. The number of amides is 1. The Morgan fingerprint density at radius 1 is 1.22 bits per heavy atom. The highest BCUT2D eigenvalue weighted by Gasteiger charge is 2.20. The molecule has 0 saturated heterocycles. The van der Waals surface area contributed by atoms with Crippen molar-refractivity contribution in [2.75, 3.05) is 0 Å². The molecule has 1 saturated carbocycles. The minimum atomic E-state index is -0.524. The number of benzene rings is 1. The molecule has 1 aliphatic carbocycles. The van der Waals surface area contributed by atoms with Crippen molar-refractivity contribution in [1.29, 1.82) is 0 Å². The van der Waals surface area contributed by atoms with Crippen molar-refractivity contribution in [2.45, 2.75) is 38.6 Å². The number of carbonyl (C=O) groups excluding carboxylic acids is 1. The molecule has 1 aliphatic rings. The summed E-state index contributed by atoms with van der Waals surface area (Å²) in [5.74, 6) is 0.161. The molecule has 0 atom stereocenters. The molecule has 0 bridgehead atoms. The Morgan fingerprint density at radius 3 is 2.78 bits per heavy atom. The lowest BCUT2D eigenvalue weighted by molar-refractivity contribution is 0.0997. The molecule has 0 spiro atoms. The van der Waals surface area contributed by atoms with Crippen molar-refractivity contribution in [3.05, 3.63) is 36.3 Å². The third-order valence-electron chi connectivity index (χ3n) is 4.87. The smallest absolute Gasteiger partial charge is 0.269 e. The summed E-state index contributed by atoms with van der Waals surface area (Å²) < 4.78 is 2.18. The summed E-state index contributed by atoms with van der Waals surface area (Å²) in [7, 11) is 0. The van der Waals surface area contributed by atoms with Gasteiger partial charge in [0.2, 0.25) is 0 Å². The van der Waals surface area contributed by atoms with Crippen LogP contribution in [0.15, 0.2) is 30.6 Å². The number of aromatic nitrogens is 3. The van der Waals surface area contributed by atoms with Gasteiger partial charge in [-0.05, 0) is 24.8 Å². The van der Waals surface area contributed by atoms with Gasteiger partial charge in [0.1, 0.15) is 5.52 Å². The second-order valence-electron chi connectivity index (χ2n) is 6.44. The lowest BCUT2D eigenvalue weighted by Gasteiger charge is -2.22. The predicted molar refractivity (Wildman–Crippen MR) is 90.1 cm³/mol. The van der Waals surface area contributed by atoms with E-state index in [4.69, 9.17) is 5.73 Å². The molecule has 3 aromatic rings. The Bertz CT molecular complexity index is 877. The van der Waals surface area contributed by atoms with E-state index in [1.54, 1.807) is 0 Å². The van der Waals surface area contributed by atoms with E-state index in [0.717, 1.165) is 23.0 Å². The SMILES string of the molecule is NC(=O)c1nc2ccccc2c2c1ncn2CC1CCCCC1. The zero-order chi connectivity index (χ0) is 15.8. The number of para-hydroxylation sites is 1. The van der Waals surface area contributed by atoms with Crippen LogP contribution in [0.25, 0.3) is 21.9 Å². The summed E-state index contributed by atoms with van der Waals surface area (Å²) in [5.41, 5.74) is 8.17. The van der Waals surface area contributed by atoms with E-state index >= 15 is 0 Å². The van der Waals surface area contributed by atoms with E-state index in [9.17, 15) is 4.79 Å². The first-order valence-electron chi connectivity index (χ1n) is 8.27. The fourth-order valence-corrected chi connectivity index (χ4v) is 3.74. The number of pyridine rings is 1. The molecular weight excluding hydrogens is 288 g/mol. The summed E-state index contributed by atoms with van der Waals surface area (Å²) in [6, 6.07) is 7.87. The summed E-state index contributed by atoms with van der Waals surface area (Å²) in [5, 5.41) is 1.03. The van der Waals surface area contributed by atoms with E-state index in [2.05, 4.69) is 14.5 Å². The fourth-order valence-electron chi connectivity index (χ4n) is 3.74. The van der Waals surface area contributed by atoms with Crippen molar-refractivity contribution < 1.29 is 4.79 Å². The first kappa shape index (κ1) is 14.2.